The number of aromatic nitrogens is 6. The lowest BCUT2D eigenvalue weighted by Crippen LogP contribution is -2.70. The van der Waals surface area contributed by atoms with Gasteiger partial charge in [0.1, 0.15) is 17.1 Å². The number of amides is 2. The van der Waals surface area contributed by atoms with Crippen molar-refractivity contribution in [1.29, 1.82) is 0 Å². The summed E-state index contributed by atoms with van der Waals surface area (Å²) in [6.07, 6.45) is 5.29. The lowest BCUT2D eigenvalue weighted by atomic mass is 10.0. The maximum absolute atomic E-state index is 13.7. The number of fused-ring (bicyclic) bond motifs is 2. The number of carbonyl (C=O) groups is 3. The Morgan fingerprint density at radius 3 is 2.86 bits per heavy atom. The number of rotatable bonds is 11. The summed E-state index contributed by atoms with van der Waals surface area (Å²) in [4.78, 5) is 50.8. The number of tetrazole rings is 1. The van der Waals surface area contributed by atoms with Gasteiger partial charge in [-0.15, -0.1) is 45.1 Å². The Kier molecular flexibility index (Phi) is 8.95. The van der Waals surface area contributed by atoms with Crippen molar-refractivity contribution in [3.05, 3.63) is 64.2 Å². The van der Waals surface area contributed by atoms with Crippen molar-refractivity contribution in [2.45, 2.75) is 55.0 Å². The smallest absolute Gasteiger partial charge is 0.276 e. The SMILES string of the molecule is CC(C)(C=O)O/N=C(\C(=O)N[C@@H]1C(=O)N2C(c3nn[nH]n3)=C(CSc3cc[n+](-c4ccc(O)c(O)c4)c4c3CCC4)CS[C@H]12)c1csc(N)n1. The summed E-state index contributed by atoms with van der Waals surface area (Å²) in [5.74, 6) is -0.0514. The molecule has 3 aromatic heterocycles. The first-order valence-corrected chi connectivity index (χ1v) is 18.3. The van der Waals surface area contributed by atoms with Gasteiger partial charge in [-0.2, -0.15) is 9.78 Å². The van der Waals surface area contributed by atoms with Gasteiger partial charge in [-0.3, -0.25) is 19.3 Å². The summed E-state index contributed by atoms with van der Waals surface area (Å²) in [5, 5.41) is 42.5. The van der Waals surface area contributed by atoms with Gasteiger partial charge < -0.3 is 26.1 Å². The van der Waals surface area contributed by atoms with Crippen LogP contribution in [0.3, 0.4) is 0 Å². The lowest BCUT2D eigenvalue weighted by Gasteiger charge is -2.49. The number of benzene rings is 1. The van der Waals surface area contributed by atoms with Gasteiger partial charge in [0.25, 0.3) is 11.8 Å². The Morgan fingerprint density at radius 2 is 2.14 bits per heavy atom. The number of aromatic hydroxyl groups is 2. The molecule has 16 nitrogen and oxygen atoms in total. The summed E-state index contributed by atoms with van der Waals surface area (Å²) in [5.41, 5.74) is 9.03. The Balaban J connectivity index is 1.12. The maximum atomic E-state index is 13.7. The predicted octanol–water partition coefficient (Wildman–Crippen LogP) is 1.72. The molecule has 0 spiro atoms. The van der Waals surface area contributed by atoms with E-state index >= 15 is 0 Å². The van der Waals surface area contributed by atoms with E-state index in [1.54, 1.807) is 28.8 Å². The minimum Gasteiger partial charge on any atom is -0.504 e. The van der Waals surface area contributed by atoms with Crippen LogP contribution in [0.5, 0.6) is 11.5 Å². The molecule has 1 aromatic carbocycles. The first kappa shape index (κ1) is 33.5. The number of β-lactam (4-membered cyclic amide) rings is 1. The van der Waals surface area contributed by atoms with Gasteiger partial charge in [-0.05, 0) is 43.5 Å². The summed E-state index contributed by atoms with van der Waals surface area (Å²) >= 11 is 4.27. The minimum atomic E-state index is -1.30. The molecular weight excluding hydrogens is 705 g/mol. The van der Waals surface area contributed by atoms with Crippen LogP contribution in [0.25, 0.3) is 11.4 Å². The summed E-state index contributed by atoms with van der Waals surface area (Å²) in [6.45, 7) is 2.99. The number of phenols is 2. The number of hydrogen-bond acceptors (Lipinski definition) is 15. The van der Waals surface area contributed by atoms with Gasteiger partial charge in [-0.25, -0.2) is 4.98 Å². The van der Waals surface area contributed by atoms with Crippen LogP contribution in [0.15, 0.2) is 51.5 Å². The number of anilines is 1. The number of thioether (sulfide) groups is 2. The van der Waals surface area contributed by atoms with E-state index in [0.29, 0.717) is 23.5 Å². The van der Waals surface area contributed by atoms with Crippen LogP contribution in [0.2, 0.25) is 0 Å². The zero-order chi connectivity index (χ0) is 35.2. The highest BCUT2D eigenvalue weighted by Gasteiger charge is 2.54. The lowest BCUT2D eigenvalue weighted by molar-refractivity contribution is -0.604. The molecular formula is C31H31N10O6S3+. The number of nitrogen functional groups attached to an aromatic ring is 1. The second-order valence-corrected chi connectivity index (χ2v) is 15.2. The number of nitrogens with zero attached hydrogens (tertiary/aromatic N) is 7. The van der Waals surface area contributed by atoms with Crippen LogP contribution in [0.1, 0.15) is 43.0 Å². The van der Waals surface area contributed by atoms with E-state index in [-0.39, 0.29) is 39.8 Å². The fraction of sp³-hybridized carbons (Fsp3) is 0.323. The number of hydrogen-bond donors (Lipinski definition) is 5. The molecule has 2 atom stereocenters. The second-order valence-electron chi connectivity index (χ2n) is 12.2. The number of pyridine rings is 1. The number of phenolic OH excluding ortho intramolecular Hbond substituents is 2. The molecule has 2 amide bonds. The van der Waals surface area contributed by atoms with Gasteiger partial charge in [0, 0.05) is 45.9 Å². The van der Waals surface area contributed by atoms with Crippen molar-refractivity contribution < 1.29 is 34.0 Å². The molecule has 1 aliphatic carbocycles. The molecule has 1 fully saturated rings. The molecule has 0 bridgehead atoms. The quantitative estimate of drug-likeness (QED) is 0.0282. The van der Waals surface area contributed by atoms with Crippen molar-refractivity contribution in [1.82, 2.24) is 35.8 Å². The third-order valence-corrected chi connectivity index (χ3v) is 11.5. The average Bonchev–Trinajstić information content (AvgIpc) is 3.90. The maximum Gasteiger partial charge on any atom is 0.276 e. The molecule has 1 saturated heterocycles. The van der Waals surface area contributed by atoms with Crippen LogP contribution >= 0.6 is 34.9 Å². The number of nitrogens with one attached hydrogen (secondary N) is 2. The van der Waals surface area contributed by atoms with Crippen LogP contribution in [-0.2, 0) is 32.1 Å². The number of carbonyl (C=O) groups excluding carboxylic acids is 3. The monoisotopic (exact) mass is 735 g/mol. The van der Waals surface area contributed by atoms with Gasteiger partial charge in [0.05, 0.1) is 11.8 Å². The zero-order valence-corrected chi connectivity index (χ0v) is 29.1. The third kappa shape index (κ3) is 6.27. The molecule has 6 N–H and O–H groups in total. The van der Waals surface area contributed by atoms with Crippen molar-refractivity contribution in [3.8, 4) is 17.2 Å². The van der Waals surface area contributed by atoms with Gasteiger partial charge in [0.2, 0.25) is 11.5 Å². The van der Waals surface area contributed by atoms with Crippen molar-refractivity contribution >= 4 is 69.5 Å². The minimum absolute atomic E-state index is 0.150. The third-order valence-electron chi connectivity index (χ3n) is 8.32. The van der Waals surface area contributed by atoms with Crippen molar-refractivity contribution in [3.63, 3.8) is 0 Å². The molecule has 50 heavy (non-hydrogen) atoms. The molecule has 2 aliphatic heterocycles. The van der Waals surface area contributed by atoms with E-state index in [0.717, 1.165) is 52.4 Å². The average molecular weight is 736 g/mol. The number of nitrogens with two attached hydrogens (primary N) is 1. The van der Waals surface area contributed by atoms with Crippen molar-refractivity contribution in [2.24, 2.45) is 5.16 Å². The fourth-order valence-electron chi connectivity index (χ4n) is 5.86. The highest BCUT2D eigenvalue weighted by Crippen LogP contribution is 2.45. The molecule has 0 saturated carbocycles. The molecule has 5 heterocycles. The summed E-state index contributed by atoms with van der Waals surface area (Å²) in [6, 6.07) is 5.94. The van der Waals surface area contributed by atoms with E-state index < -0.39 is 22.9 Å². The standard InChI is InChI=1S/C31H30N10O6S3/c1-31(2,14-42)47-37-23(18-13-50-30(32)33-18)27(45)34-24-28(46)41-25(26-35-38-39-36-26)15(12-49-29(24)41)11-48-22-8-9-40(19-5-3-4-17(19)22)16-6-7-20(43)21(44)10-16/h6-10,13-14,24,29H,3-5,11-12H2,1-2H3,(H5-,32,33,34,35,36,37,38,39,43,44,45)/p+1/t24-,29-/m1/s1. The number of thiazole rings is 1. The Labute approximate surface area is 297 Å². The molecule has 3 aliphatic rings. The predicted molar refractivity (Wildman–Crippen MR) is 184 cm³/mol. The normalized spacial score (nSPS) is 18.8. The highest BCUT2D eigenvalue weighted by atomic mass is 32.2. The molecule has 7 rings (SSSR count). The van der Waals surface area contributed by atoms with Crippen LogP contribution < -0.4 is 15.6 Å². The Hall–Kier alpha value is -5.01. The van der Waals surface area contributed by atoms with E-state index in [2.05, 4.69) is 36.1 Å². The Bertz CT molecular complexity index is 2060. The highest BCUT2D eigenvalue weighted by molar-refractivity contribution is 8.01. The van der Waals surface area contributed by atoms with E-state index in [9.17, 15) is 24.6 Å². The molecule has 0 radical (unpaired) electrons. The molecule has 19 heteroatoms. The van der Waals surface area contributed by atoms with Gasteiger partial charge in [-0.1, -0.05) is 5.16 Å². The zero-order valence-electron chi connectivity index (χ0n) is 26.7. The van der Waals surface area contributed by atoms with E-state index in [4.69, 9.17) is 10.6 Å². The molecule has 258 valence electrons. The van der Waals surface area contributed by atoms with Crippen LogP contribution in [0.4, 0.5) is 5.13 Å². The van der Waals surface area contributed by atoms with E-state index in [1.807, 2.05) is 16.8 Å². The van der Waals surface area contributed by atoms with Crippen LogP contribution in [-0.4, -0.2) is 93.1 Å². The number of H-pyrrole nitrogens is 1. The molecule has 4 aromatic rings. The fourth-order valence-corrected chi connectivity index (χ4v) is 9.00. The number of aromatic amines is 1. The largest absolute Gasteiger partial charge is 0.504 e. The topological polar surface area (TPSA) is 226 Å². The van der Waals surface area contributed by atoms with Crippen LogP contribution in [0, 0.1) is 0 Å². The van der Waals surface area contributed by atoms with Gasteiger partial charge in [0.15, 0.2) is 46.1 Å². The molecule has 0 unspecified atom stereocenters. The summed E-state index contributed by atoms with van der Waals surface area (Å²) < 4.78 is 2.04. The summed E-state index contributed by atoms with van der Waals surface area (Å²) in [7, 11) is 0. The number of oxime groups is 1. The number of aldehydes is 1. The van der Waals surface area contributed by atoms with E-state index in [1.165, 1.54) is 42.6 Å². The van der Waals surface area contributed by atoms with Gasteiger partial charge >= 0.3 is 0 Å². The Morgan fingerprint density at radius 1 is 1.30 bits per heavy atom. The second kappa shape index (κ2) is 13.4. The first-order valence-electron chi connectivity index (χ1n) is 15.4. The first-order chi connectivity index (χ1) is 24.0. The van der Waals surface area contributed by atoms with Crippen molar-refractivity contribution in [2.75, 3.05) is 17.2 Å².